The van der Waals surface area contributed by atoms with Crippen molar-refractivity contribution in [1.82, 2.24) is 0 Å². The first kappa shape index (κ1) is 14.2. The Kier molecular flexibility index (Phi) is 3.55. The van der Waals surface area contributed by atoms with E-state index in [1.807, 2.05) is 24.3 Å². The summed E-state index contributed by atoms with van der Waals surface area (Å²) < 4.78 is 29.1. The van der Waals surface area contributed by atoms with Crippen molar-refractivity contribution in [2.45, 2.75) is 11.0 Å². The molecule has 0 saturated carbocycles. The Morgan fingerprint density at radius 2 is 2.00 bits per heavy atom. The third kappa shape index (κ3) is 2.84. The van der Waals surface area contributed by atoms with Crippen LogP contribution in [-0.4, -0.2) is 21.2 Å². The summed E-state index contributed by atoms with van der Waals surface area (Å²) in [7, 11) is -3.23. The van der Waals surface area contributed by atoms with Crippen LogP contribution in [0.1, 0.15) is 11.7 Å². The second kappa shape index (κ2) is 5.24. The molecule has 2 aromatic rings. The Morgan fingerprint density at radius 1 is 1.24 bits per heavy atom. The Labute approximate surface area is 128 Å². The molecule has 1 unspecified atom stereocenters. The van der Waals surface area contributed by atoms with Gasteiger partial charge in [0.05, 0.1) is 17.1 Å². The fourth-order valence-corrected chi connectivity index (χ4v) is 3.19. The Balaban J connectivity index is 1.92. The van der Waals surface area contributed by atoms with Crippen LogP contribution in [0.4, 0.5) is 5.69 Å². The average molecular weight is 324 g/mol. The van der Waals surface area contributed by atoms with Crippen LogP contribution in [-0.2, 0) is 9.84 Å². The molecule has 1 aliphatic heterocycles. The first-order valence-corrected chi connectivity index (χ1v) is 8.71. The minimum absolute atomic E-state index is 0.199. The highest BCUT2D eigenvalue weighted by Crippen LogP contribution is 2.37. The lowest BCUT2D eigenvalue weighted by atomic mass is 10.1. The molecule has 1 N–H and O–H groups in total. The van der Waals surface area contributed by atoms with E-state index in [0.717, 1.165) is 5.56 Å². The van der Waals surface area contributed by atoms with E-state index in [0.29, 0.717) is 23.0 Å². The predicted molar refractivity (Wildman–Crippen MR) is 82.9 cm³/mol. The van der Waals surface area contributed by atoms with Crippen molar-refractivity contribution in [3.63, 3.8) is 0 Å². The molecule has 1 aliphatic rings. The van der Waals surface area contributed by atoms with Gasteiger partial charge in [-0.1, -0.05) is 29.8 Å². The van der Waals surface area contributed by atoms with Gasteiger partial charge in [-0.3, -0.25) is 0 Å². The Morgan fingerprint density at radius 3 is 2.71 bits per heavy atom. The number of rotatable bonds is 2. The zero-order chi connectivity index (χ0) is 15.0. The molecule has 0 spiro atoms. The number of hydrogen-bond donors (Lipinski definition) is 1. The van der Waals surface area contributed by atoms with Crippen molar-refractivity contribution in [3.05, 3.63) is 53.1 Å². The fourth-order valence-electron chi connectivity index (χ4n) is 2.29. The summed E-state index contributed by atoms with van der Waals surface area (Å²) in [6.07, 6.45) is 0.987. The van der Waals surface area contributed by atoms with E-state index in [9.17, 15) is 8.42 Å². The molecule has 0 amide bonds. The van der Waals surface area contributed by atoms with Gasteiger partial charge in [-0.15, -0.1) is 0 Å². The molecular weight excluding hydrogens is 310 g/mol. The van der Waals surface area contributed by atoms with Crippen molar-refractivity contribution >= 4 is 27.1 Å². The summed E-state index contributed by atoms with van der Waals surface area (Å²) in [6, 6.07) is 12.3. The van der Waals surface area contributed by atoms with Gasteiger partial charge in [-0.2, -0.15) is 0 Å². The molecular formula is C15H14ClNO3S. The molecule has 21 heavy (non-hydrogen) atoms. The smallest absolute Gasteiger partial charge is 0.175 e. The summed E-state index contributed by atoms with van der Waals surface area (Å²) in [5, 5.41) is 3.86. The maximum absolute atomic E-state index is 11.6. The lowest BCUT2D eigenvalue weighted by molar-refractivity contribution is 0.210. The quantitative estimate of drug-likeness (QED) is 0.921. The third-order valence-electron chi connectivity index (χ3n) is 3.38. The number of hydrogen-bond acceptors (Lipinski definition) is 4. The van der Waals surface area contributed by atoms with Crippen LogP contribution in [0.15, 0.2) is 47.4 Å². The molecule has 0 saturated heterocycles. The topological polar surface area (TPSA) is 55.4 Å². The molecule has 6 heteroatoms. The normalized spacial score (nSPS) is 17.5. The zero-order valence-corrected chi connectivity index (χ0v) is 12.9. The zero-order valence-electron chi connectivity index (χ0n) is 11.3. The number of sulfone groups is 1. The summed E-state index contributed by atoms with van der Waals surface area (Å²) in [6.45, 7) is 0.532. The van der Waals surface area contributed by atoms with Gasteiger partial charge in [-0.05, 0) is 24.3 Å². The molecule has 0 aliphatic carbocycles. The second-order valence-electron chi connectivity index (χ2n) is 4.94. The fraction of sp³-hybridized carbons (Fsp3) is 0.200. The number of benzene rings is 2. The molecule has 1 atom stereocenters. The van der Waals surface area contributed by atoms with E-state index in [2.05, 4.69) is 5.32 Å². The lowest BCUT2D eigenvalue weighted by Crippen LogP contribution is -2.24. The number of fused-ring (bicyclic) bond motifs is 1. The highest BCUT2D eigenvalue weighted by molar-refractivity contribution is 7.90. The van der Waals surface area contributed by atoms with E-state index in [4.69, 9.17) is 16.3 Å². The summed E-state index contributed by atoms with van der Waals surface area (Å²) in [5.74, 6) is 0.624. The van der Waals surface area contributed by atoms with E-state index in [1.54, 1.807) is 18.2 Å². The van der Waals surface area contributed by atoms with E-state index in [-0.39, 0.29) is 11.0 Å². The maximum Gasteiger partial charge on any atom is 0.175 e. The van der Waals surface area contributed by atoms with Crippen molar-refractivity contribution in [2.75, 3.05) is 18.1 Å². The molecule has 3 rings (SSSR count). The van der Waals surface area contributed by atoms with Crippen molar-refractivity contribution in [1.29, 1.82) is 0 Å². The Hall–Kier alpha value is -1.72. The monoisotopic (exact) mass is 323 g/mol. The largest absolute Gasteiger partial charge is 0.482 e. The van der Waals surface area contributed by atoms with Crippen molar-refractivity contribution in [2.24, 2.45) is 0 Å². The predicted octanol–water partition coefficient (Wildman–Crippen LogP) is 3.29. The first-order valence-electron chi connectivity index (χ1n) is 6.44. The van der Waals surface area contributed by atoms with Gasteiger partial charge >= 0.3 is 0 Å². The number of anilines is 1. The molecule has 0 aromatic heterocycles. The molecule has 2 aromatic carbocycles. The second-order valence-corrected chi connectivity index (χ2v) is 7.36. The van der Waals surface area contributed by atoms with Crippen LogP contribution in [0.3, 0.4) is 0 Å². The minimum atomic E-state index is -3.23. The summed E-state index contributed by atoms with van der Waals surface area (Å²) in [4.78, 5) is 0.272. The molecule has 1 heterocycles. The lowest BCUT2D eigenvalue weighted by Gasteiger charge is -2.28. The van der Waals surface area contributed by atoms with Gasteiger partial charge in [0.25, 0.3) is 0 Å². The third-order valence-corrected chi connectivity index (χ3v) is 4.83. The van der Waals surface area contributed by atoms with Gasteiger partial charge < -0.3 is 10.1 Å². The number of nitrogens with one attached hydrogen (secondary N) is 1. The van der Waals surface area contributed by atoms with Crippen LogP contribution in [0.5, 0.6) is 5.75 Å². The van der Waals surface area contributed by atoms with Gasteiger partial charge in [0.15, 0.2) is 9.84 Å². The highest BCUT2D eigenvalue weighted by Gasteiger charge is 2.23. The van der Waals surface area contributed by atoms with Crippen LogP contribution < -0.4 is 10.1 Å². The average Bonchev–Trinajstić information content (AvgIpc) is 2.46. The minimum Gasteiger partial charge on any atom is -0.482 e. The van der Waals surface area contributed by atoms with Gasteiger partial charge in [0, 0.05) is 16.8 Å². The molecule has 0 fully saturated rings. The first-order chi connectivity index (χ1) is 9.95. The van der Waals surface area contributed by atoms with E-state index < -0.39 is 9.84 Å². The van der Waals surface area contributed by atoms with E-state index in [1.165, 1.54) is 6.26 Å². The van der Waals surface area contributed by atoms with Crippen molar-refractivity contribution < 1.29 is 13.2 Å². The van der Waals surface area contributed by atoms with Crippen LogP contribution in [0, 0.1) is 0 Å². The van der Waals surface area contributed by atoms with Gasteiger partial charge in [-0.25, -0.2) is 8.42 Å². The molecule has 0 bridgehead atoms. The summed E-state index contributed by atoms with van der Waals surface area (Å²) >= 11 is 6.18. The summed E-state index contributed by atoms with van der Waals surface area (Å²) in [5.41, 5.74) is 1.59. The molecule has 110 valence electrons. The van der Waals surface area contributed by atoms with Gasteiger partial charge in [0.1, 0.15) is 11.9 Å². The van der Waals surface area contributed by atoms with Crippen LogP contribution >= 0.6 is 11.6 Å². The maximum atomic E-state index is 11.6. The van der Waals surface area contributed by atoms with Crippen LogP contribution in [0.25, 0.3) is 0 Å². The van der Waals surface area contributed by atoms with Gasteiger partial charge in [0.2, 0.25) is 0 Å². The molecule has 4 nitrogen and oxygen atoms in total. The SMILES string of the molecule is CS(=O)(=O)c1ccc2c(c1)NCC(c1ccccc1Cl)O2. The Bertz CT molecular complexity index is 789. The van der Waals surface area contributed by atoms with Crippen LogP contribution in [0.2, 0.25) is 5.02 Å². The highest BCUT2D eigenvalue weighted by atomic mass is 35.5. The standard InChI is InChI=1S/C15H14ClNO3S/c1-21(18,19)10-6-7-14-13(8-10)17-9-15(20-14)11-4-2-3-5-12(11)16/h2-8,15,17H,9H2,1H3. The number of ether oxygens (including phenoxy) is 1. The van der Waals surface area contributed by atoms with Crippen molar-refractivity contribution in [3.8, 4) is 5.75 Å². The number of halogens is 1. The molecule has 0 radical (unpaired) electrons. The van der Waals surface area contributed by atoms with E-state index >= 15 is 0 Å².